The van der Waals surface area contributed by atoms with Gasteiger partial charge in [0.05, 0.1) is 6.20 Å². The molecule has 1 aromatic rings. The van der Waals surface area contributed by atoms with Crippen LogP contribution < -0.4 is 0 Å². The average Bonchev–Trinajstić information content (AvgIpc) is 2.70. The van der Waals surface area contributed by atoms with E-state index in [2.05, 4.69) is 10.2 Å². The minimum Gasteiger partial charge on any atom is -0.299 e. The van der Waals surface area contributed by atoms with Crippen LogP contribution in [0.2, 0.25) is 0 Å². The van der Waals surface area contributed by atoms with E-state index in [-0.39, 0.29) is 0 Å². The standard InChI is InChI=1S/C10H12N2O/c13-10-2-1-6-4-9-7(3-8(6)10)5-11-12-9/h5-6,8H,1-4H2,(H,11,12). The number of hydrogen-bond acceptors (Lipinski definition) is 2. The highest BCUT2D eigenvalue weighted by Crippen LogP contribution is 2.38. The van der Waals surface area contributed by atoms with Crippen molar-refractivity contribution in [1.82, 2.24) is 10.2 Å². The van der Waals surface area contributed by atoms with Crippen LogP contribution in [0, 0.1) is 11.8 Å². The second kappa shape index (κ2) is 2.44. The second-order valence-corrected chi connectivity index (χ2v) is 4.15. The Bertz CT molecular complexity index is 356. The van der Waals surface area contributed by atoms with Crippen molar-refractivity contribution in [3.05, 3.63) is 17.5 Å². The molecule has 0 saturated heterocycles. The van der Waals surface area contributed by atoms with E-state index in [1.54, 1.807) is 0 Å². The first kappa shape index (κ1) is 7.30. The molecule has 0 aromatic carbocycles. The smallest absolute Gasteiger partial charge is 0.136 e. The largest absolute Gasteiger partial charge is 0.299 e. The number of fused-ring (bicyclic) bond motifs is 2. The Kier molecular flexibility index (Phi) is 1.37. The Morgan fingerprint density at radius 1 is 1.46 bits per heavy atom. The molecule has 1 fully saturated rings. The topological polar surface area (TPSA) is 45.8 Å². The van der Waals surface area contributed by atoms with Crippen molar-refractivity contribution in [1.29, 1.82) is 0 Å². The van der Waals surface area contributed by atoms with Crippen LogP contribution >= 0.6 is 0 Å². The Hall–Kier alpha value is -1.12. The van der Waals surface area contributed by atoms with Crippen molar-refractivity contribution < 1.29 is 4.79 Å². The summed E-state index contributed by atoms with van der Waals surface area (Å²) in [6.45, 7) is 0. The van der Waals surface area contributed by atoms with E-state index in [0.29, 0.717) is 17.6 Å². The van der Waals surface area contributed by atoms with Crippen LogP contribution in [-0.4, -0.2) is 16.0 Å². The number of nitrogens with one attached hydrogen (secondary N) is 1. The molecule has 0 aliphatic heterocycles. The van der Waals surface area contributed by atoms with E-state index in [9.17, 15) is 4.79 Å². The minimum absolute atomic E-state index is 0.310. The number of nitrogens with zero attached hydrogens (tertiary/aromatic N) is 1. The van der Waals surface area contributed by atoms with Gasteiger partial charge in [0.2, 0.25) is 0 Å². The monoisotopic (exact) mass is 176 g/mol. The third-order valence-electron chi connectivity index (χ3n) is 3.46. The van der Waals surface area contributed by atoms with Crippen molar-refractivity contribution in [2.24, 2.45) is 11.8 Å². The molecule has 2 unspecified atom stereocenters. The number of ketones is 1. The zero-order valence-corrected chi connectivity index (χ0v) is 7.42. The first-order valence-electron chi connectivity index (χ1n) is 4.88. The molecule has 1 N–H and O–H groups in total. The molecule has 1 aromatic heterocycles. The lowest BCUT2D eigenvalue weighted by Gasteiger charge is -2.23. The number of carbonyl (C=O) groups excluding carboxylic acids is 1. The van der Waals surface area contributed by atoms with Gasteiger partial charge in [0.25, 0.3) is 0 Å². The van der Waals surface area contributed by atoms with Crippen molar-refractivity contribution in [2.45, 2.75) is 25.7 Å². The van der Waals surface area contributed by atoms with Gasteiger partial charge in [-0.1, -0.05) is 0 Å². The minimum atomic E-state index is 0.310. The summed E-state index contributed by atoms with van der Waals surface area (Å²) in [4.78, 5) is 11.5. The Balaban J connectivity index is 1.98. The number of Topliss-reactive ketones (excluding diaryl/α,β-unsaturated/α-hetero) is 1. The van der Waals surface area contributed by atoms with Crippen molar-refractivity contribution >= 4 is 5.78 Å². The summed E-state index contributed by atoms with van der Waals surface area (Å²) in [5, 5.41) is 7.04. The summed E-state index contributed by atoms with van der Waals surface area (Å²) in [6, 6.07) is 0. The highest BCUT2D eigenvalue weighted by atomic mass is 16.1. The van der Waals surface area contributed by atoms with Crippen molar-refractivity contribution in [3.8, 4) is 0 Å². The maximum atomic E-state index is 11.5. The molecule has 68 valence electrons. The third-order valence-corrected chi connectivity index (χ3v) is 3.46. The summed E-state index contributed by atoms with van der Waals surface area (Å²) in [6.07, 6.45) is 5.72. The van der Waals surface area contributed by atoms with Crippen molar-refractivity contribution in [3.63, 3.8) is 0 Å². The summed E-state index contributed by atoms with van der Waals surface area (Å²) in [5.74, 6) is 1.38. The Morgan fingerprint density at radius 3 is 3.31 bits per heavy atom. The van der Waals surface area contributed by atoms with Crippen LogP contribution in [0.15, 0.2) is 6.20 Å². The molecule has 3 rings (SSSR count). The van der Waals surface area contributed by atoms with E-state index in [0.717, 1.165) is 25.7 Å². The summed E-state index contributed by atoms with van der Waals surface area (Å²) >= 11 is 0. The van der Waals surface area contributed by atoms with Crippen LogP contribution in [0.4, 0.5) is 0 Å². The van der Waals surface area contributed by atoms with Gasteiger partial charge in [-0.05, 0) is 30.7 Å². The molecular weight excluding hydrogens is 164 g/mol. The molecule has 0 bridgehead atoms. The van der Waals surface area contributed by atoms with Crippen LogP contribution in [0.1, 0.15) is 24.1 Å². The summed E-state index contributed by atoms with van der Waals surface area (Å²) in [5.41, 5.74) is 2.52. The molecule has 3 heteroatoms. The number of hydrogen-bond donors (Lipinski definition) is 1. The molecule has 0 radical (unpaired) electrons. The zero-order valence-electron chi connectivity index (χ0n) is 7.42. The van der Waals surface area contributed by atoms with Crippen LogP contribution in [-0.2, 0) is 17.6 Å². The van der Waals surface area contributed by atoms with Gasteiger partial charge in [0.15, 0.2) is 0 Å². The maximum Gasteiger partial charge on any atom is 0.136 e. The van der Waals surface area contributed by atoms with Crippen LogP contribution in [0.5, 0.6) is 0 Å². The van der Waals surface area contributed by atoms with Gasteiger partial charge >= 0.3 is 0 Å². The van der Waals surface area contributed by atoms with E-state index < -0.39 is 0 Å². The van der Waals surface area contributed by atoms with Crippen LogP contribution in [0.25, 0.3) is 0 Å². The van der Waals surface area contributed by atoms with Gasteiger partial charge in [0, 0.05) is 18.0 Å². The van der Waals surface area contributed by atoms with E-state index in [1.165, 1.54) is 11.3 Å². The van der Waals surface area contributed by atoms with E-state index in [1.807, 2.05) is 6.20 Å². The Morgan fingerprint density at radius 2 is 2.38 bits per heavy atom. The molecule has 1 heterocycles. The molecule has 0 amide bonds. The van der Waals surface area contributed by atoms with E-state index in [4.69, 9.17) is 0 Å². The Labute approximate surface area is 76.5 Å². The fourth-order valence-corrected chi connectivity index (χ4v) is 2.69. The summed E-state index contributed by atoms with van der Waals surface area (Å²) < 4.78 is 0. The van der Waals surface area contributed by atoms with Gasteiger partial charge < -0.3 is 0 Å². The fourth-order valence-electron chi connectivity index (χ4n) is 2.69. The number of H-pyrrole nitrogens is 1. The lowest BCUT2D eigenvalue weighted by molar-refractivity contribution is -0.121. The number of aromatic amines is 1. The first-order chi connectivity index (χ1) is 6.34. The highest BCUT2D eigenvalue weighted by Gasteiger charge is 2.38. The lowest BCUT2D eigenvalue weighted by atomic mass is 9.80. The quantitative estimate of drug-likeness (QED) is 0.643. The average molecular weight is 176 g/mol. The van der Waals surface area contributed by atoms with Gasteiger partial charge in [0.1, 0.15) is 5.78 Å². The molecule has 0 spiro atoms. The second-order valence-electron chi connectivity index (χ2n) is 4.15. The van der Waals surface area contributed by atoms with Gasteiger partial charge in [-0.2, -0.15) is 5.10 Å². The third kappa shape index (κ3) is 0.961. The van der Waals surface area contributed by atoms with Gasteiger partial charge in [-0.15, -0.1) is 0 Å². The first-order valence-corrected chi connectivity index (χ1v) is 4.88. The molecule has 13 heavy (non-hydrogen) atoms. The summed E-state index contributed by atoms with van der Waals surface area (Å²) in [7, 11) is 0. The predicted octanol–water partition coefficient (Wildman–Crippen LogP) is 1.10. The fraction of sp³-hybridized carbons (Fsp3) is 0.600. The molecule has 2 aliphatic rings. The SMILES string of the molecule is O=C1CCC2Cc3[nH]ncc3CC12. The van der Waals surface area contributed by atoms with Crippen LogP contribution in [0.3, 0.4) is 0 Å². The lowest BCUT2D eigenvalue weighted by Crippen LogP contribution is -2.24. The van der Waals surface area contributed by atoms with Crippen molar-refractivity contribution in [2.75, 3.05) is 0 Å². The van der Waals surface area contributed by atoms with Gasteiger partial charge in [-0.3, -0.25) is 9.89 Å². The zero-order chi connectivity index (χ0) is 8.84. The molecular formula is C10H12N2O. The molecule has 3 nitrogen and oxygen atoms in total. The van der Waals surface area contributed by atoms with Gasteiger partial charge in [-0.25, -0.2) is 0 Å². The highest BCUT2D eigenvalue weighted by molar-refractivity contribution is 5.84. The molecule has 2 aliphatic carbocycles. The molecule has 1 saturated carbocycles. The number of aromatic nitrogens is 2. The number of carbonyl (C=O) groups is 1. The predicted molar refractivity (Wildman–Crippen MR) is 47.2 cm³/mol. The van der Waals surface area contributed by atoms with E-state index >= 15 is 0 Å². The normalized spacial score (nSPS) is 31.5. The molecule has 2 atom stereocenters. The number of rotatable bonds is 0. The maximum absolute atomic E-state index is 11.5.